The van der Waals surface area contributed by atoms with Crippen molar-refractivity contribution in [1.82, 2.24) is 0 Å². The third-order valence-corrected chi connectivity index (χ3v) is 6.77. The quantitative estimate of drug-likeness (QED) is 0.0739. The van der Waals surface area contributed by atoms with Crippen molar-refractivity contribution >= 4 is 19.8 Å². The maximum absolute atomic E-state index is 12.1. The molecule has 0 radical (unpaired) electrons. The van der Waals surface area contributed by atoms with Crippen LogP contribution in [0.5, 0.6) is 0 Å². The summed E-state index contributed by atoms with van der Waals surface area (Å²) in [6.07, 6.45) is 12.9. The lowest BCUT2D eigenvalue weighted by Crippen LogP contribution is -2.28. The molecule has 0 fully saturated rings. The van der Waals surface area contributed by atoms with Gasteiger partial charge in [-0.15, -0.1) is 0 Å². The van der Waals surface area contributed by atoms with Gasteiger partial charge in [-0.2, -0.15) is 0 Å². The van der Waals surface area contributed by atoms with E-state index in [0.717, 1.165) is 44.9 Å². The van der Waals surface area contributed by atoms with Gasteiger partial charge in [0.25, 0.3) is 0 Å². The number of rotatable bonds is 26. The van der Waals surface area contributed by atoms with Gasteiger partial charge in [0.1, 0.15) is 12.2 Å². The van der Waals surface area contributed by atoms with Gasteiger partial charge in [-0.05, 0) is 12.8 Å². The maximum atomic E-state index is 12.1. The van der Waals surface area contributed by atoms with Crippen molar-refractivity contribution in [2.24, 2.45) is 0 Å². The normalized spacial score (nSPS) is 14.6. The van der Waals surface area contributed by atoms with E-state index in [1.54, 1.807) is 0 Å². The van der Waals surface area contributed by atoms with E-state index in [4.69, 9.17) is 18.5 Å². The lowest BCUT2D eigenvalue weighted by Gasteiger charge is -2.20. The van der Waals surface area contributed by atoms with E-state index in [2.05, 4.69) is 13.8 Å². The Labute approximate surface area is 223 Å². The van der Waals surface area contributed by atoms with Gasteiger partial charge in [-0.1, -0.05) is 90.9 Å². The fourth-order valence-electron chi connectivity index (χ4n) is 3.58. The Morgan fingerprint density at radius 1 is 0.622 bits per heavy atom. The number of hydrogen-bond donors (Lipinski definition) is 3. The molecule has 0 aromatic carbocycles. The highest BCUT2D eigenvalue weighted by Crippen LogP contribution is 2.43. The molecule has 0 aliphatic carbocycles. The molecule has 0 aliphatic rings. The molecular formula is C26H51O10P. The molecule has 0 bridgehead atoms. The van der Waals surface area contributed by atoms with Crippen LogP contribution in [0.15, 0.2) is 0 Å². The zero-order chi connectivity index (χ0) is 27.8. The standard InChI is InChI=1S/C26H51O10P/c1-3-5-7-9-11-12-14-16-18-26(30)36-24(20-28)22-34-37(31,32)33-21-23(19-27)35-25(29)17-15-13-10-8-6-4-2/h23-24,27-28H,3-22H2,1-2H3,(H,31,32). The number of phosphoric acid groups is 1. The fraction of sp³-hybridized carbons (Fsp3) is 0.923. The first-order valence-electron chi connectivity index (χ1n) is 14.0. The number of unbranched alkanes of at least 4 members (excludes halogenated alkanes) is 12. The first-order valence-corrected chi connectivity index (χ1v) is 15.5. The van der Waals surface area contributed by atoms with Crippen molar-refractivity contribution in [3.8, 4) is 0 Å². The third-order valence-electron chi connectivity index (χ3n) is 5.82. The Morgan fingerprint density at radius 2 is 0.946 bits per heavy atom. The van der Waals surface area contributed by atoms with Gasteiger partial charge in [0.2, 0.25) is 0 Å². The molecule has 10 nitrogen and oxygen atoms in total. The minimum absolute atomic E-state index is 0.193. The maximum Gasteiger partial charge on any atom is 0.472 e. The zero-order valence-electron chi connectivity index (χ0n) is 22.9. The number of aliphatic hydroxyl groups excluding tert-OH is 2. The van der Waals surface area contributed by atoms with E-state index in [0.29, 0.717) is 12.8 Å². The van der Waals surface area contributed by atoms with Crippen molar-refractivity contribution in [2.75, 3.05) is 26.4 Å². The van der Waals surface area contributed by atoms with Crippen molar-refractivity contribution in [3.63, 3.8) is 0 Å². The molecule has 0 heterocycles. The third kappa shape index (κ3) is 22.6. The van der Waals surface area contributed by atoms with E-state index < -0.39 is 58.4 Å². The van der Waals surface area contributed by atoms with Gasteiger partial charge in [-0.3, -0.25) is 18.6 Å². The molecule has 3 atom stereocenters. The van der Waals surface area contributed by atoms with E-state index in [1.165, 1.54) is 32.1 Å². The summed E-state index contributed by atoms with van der Waals surface area (Å²) < 4.78 is 32.0. The number of esters is 2. The van der Waals surface area contributed by atoms with Gasteiger partial charge in [0.15, 0.2) is 0 Å². The predicted molar refractivity (Wildman–Crippen MR) is 141 cm³/mol. The Kier molecular flexibility index (Phi) is 23.4. The molecule has 0 saturated heterocycles. The monoisotopic (exact) mass is 554 g/mol. The van der Waals surface area contributed by atoms with Crippen molar-refractivity contribution in [2.45, 2.75) is 129 Å². The summed E-state index contributed by atoms with van der Waals surface area (Å²) in [4.78, 5) is 33.8. The molecule has 0 aromatic heterocycles. The van der Waals surface area contributed by atoms with Crippen molar-refractivity contribution in [3.05, 3.63) is 0 Å². The van der Waals surface area contributed by atoms with Crippen molar-refractivity contribution < 1.29 is 47.8 Å². The topological polar surface area (TPSA) is 149 Å². The van der Waals surface area contributed by atoms with Crippen LogP contribution in [0.2, 0.25) is 0 Å². The average molecular weight is 555 g/mol. The largest absolute Gasteiger partial charge is 0.472 e. The van der Waals surface area contributed by atoms with Crippen molar-refractivity contribution in [1.29, 1.82) is 0 Å². The molecule has 11 heteroatoms. The highest BCUT2D eigenvalue weighted by Gasteiger charge is 2.27. The van der Waals surface area contributed by atoms with Gasteiger partial charge in [0.05, 0.1) is 26.4 Å². The number of ether oxygens (including phenoxy) is 2. The Bertz CT molecular complexity index is 616. The molecular weight excluding hydrogens is 503 g/mol. The first kappa shape index (κ1) is 36.0. The van der Waals surface area contributed by atoms with Crippen LogP contribution in [0.3, 0.4) is 0 Å². The van der Waals surface area contributed by atoms with Gasteiger partial charge >= 0.3 is 19.8 Å². The van der Waals surface area contributed by atoms with Crippen LogP contribution in [0.4, 0.5) is 0 Å². The first-order chi connectivity index (χ1) is 17.8. The zero-order valence-corrected chi connectivity index (χ0v) is 23.8. The molecule has 0 rings (SSSR count). The molecule has 3 N–H and O–H groups in total. The van der Waals surface area contributed by atoms with Crippen LogP contribution in [0, 0.1) is 0 Å². The van der Waals surface area contributed by atoms with Crippen LogP contribution >= 0.6 is 7.82 Å². The highest BCUT2D eigenvalue weighted by atomic mass is 31.2. The van der Waals surface area contributed by atoms with Gasteiger partial charge < -0.3 is 24.6 Å². The lowest BCUT2D eigenvalue weighted by atomic mass is 10.1. The summed E-state index contributed by atoms with van der Waals surface area (Å²) in [6.45, 7) is 2.04. The van der Waals surface area contributed by atoms with Crippen LogP contribution < -0.4 is 0 Å². The highest BCUT2D eigenvalue weighted by molar-refractivity contribution is 7.47. The number of carbonyl (C=O) groups is 2. The van der Waals surface area contributed by atoms with E-state index in [9.17, 15) is 29.3 Å². The second-order valence-corrected chi connectivity index (χ2v) is 10.8. The minimum atomic E-state index is -4.60. The fourth-order valence-corrected chi connectivity index (χ4v) is 4.37. The molecule has 0 amide bonds. The molecule has 0 saturated carbocycles. The van der Waals surface area contributed by atoms with E-state index in [-0.39, 0.29) is 12.8 Å². The molecule has 0 spiro atoms. The van der Waals surface area contributed by atoms with E-state index in [1.807, 2.05) is 0 Å². The Morgan fingerprint density at radius 3 is 1.27 bits per heavy atom. The molecule has 37 heavy (non-hydrogen) atoms. The summed E-state index contributed by atoms with van der Waals surface area (Å²) in [5, 5.41) is 18.8. The van der Waals surface area contributed by atoms with Crippen LogP contribution in [0.1, 0.15) is 117 Å². The smallest absolute Gasteiger partial charge is 0.457 e. The second-order valence-electron chi connectivity index (χ2n) is 9.39. The molecule has 0 aliphatic heterocycles. The predicted octanol–water partition coefficient (Wildman–Crippen LogP) is 5.21. The van der Waals surface area contributed by atoms with Crippen LogP contribution in [-0.4, -0.2) is 65.7 Å². The lowest BCUT2D eigenvalue weighted by molar-refractivity contribution is -0.153. The number of carbonyl (C=O) groups excluding carboxylic acids is 2. The molecule has 3 unspecified atom stereocenters. The Balaban J connectivity index is 4.15. The average Bonchev–Trinajstić information content (AvgIpc) is 2.87. The summed E-state index contributed by atoms with van der Waals surface area (Å²) in [6, 6.07) is 0. The van der Waals surface area contributed by atoms with Gasteiger partial charge in [0, 0.05) is 12.8 Å². The summed E-state index contributed by atoms with van der Waals surface area (Å²) in [5.74, 6) is -1.03. The molecule has 220 valence electrons. The number of hydrogen-bond acceptors (Lipinski definition) is 9. The second kappa shape index (κ2) is 24.0. The Hall–Kier alpha value is -1.03. The summed E-state index contributed by atoms with van der Waals surface area (Å²) >= 11 is 0. The SMILES string of the molecule is CCCCCCCCCCC(=O)OC(CO)COP(=O)(O)OCC(CO)OC(=O)CCCCCCCC. The van der Waals surface area contributed by atoms with Gasteiger partial charge in [-0.25, -0.2) is 4.57 Å². The number of aliphatic hydroxyl groups is 2. The van der Waals surface area contributed by atoms with Crippen LogP contribution in [-0.2, 0) is 32.7 Å². The van der Waals surface area contributed by atoms with E-state index >= 15 is 0 Å². The summed E-state index contributed by atoms with van der Waals surface area (Å²) in [7, 11) is -4.60. The molecule has 0 aromatic rings. The minimum Gasteiger partial charge on any atom is -0.457 e. The van der Waals surface area contributed by atoms with Crippen LogP contribution in [0.25, 0.3) is 0 Å². The number of phosphoric ester groups is 1. The summed E-state index contributed by atoms with van der Waals surface area (Å²) in [5.41, 5.74) is 0.